The van der Waals surface area contributed by atoms with Crippen molar-refractivity contribution in [1.29, 1.82) is 0 Å². The van der Waals surface area contributed by atoms with Gasteiger partial charge in [0.2, 0.25) is 0 Å². The van der Waals surface area contributed by atoms with E-state index in [1.165, 1.54) is 50.3 Å². The van der Waals surface area contributed by atoms with Crippen molar-refractivity contribution in [2.24, 2.45) is 0 Å². The minimum atomic E-state index is 0.729. The molecule has 0 heterocycles. The second-order valence-electron chi connectivity index (χ2n) is 6.61. The van der Waals surface area contributed by atoms with Crippen molar-refractivity contribution in [2.75, 3.05) is 78.8 Å². The molecule has 4 heteroatoms. The predicted molar refractivity (Wildman–Crippen MR) is 99.8 cm³/mol. The fourth-order valence-electron chi connectivity index (χ4n) is 3.37. The number of hydrogen-bond donors (Lipinski definition) is 0. The topological polar surface area (TPSA) is 18.5 Å². The molecule has 0 unspecified atom stereocenters. The quantitative estimate of drug-likeness (QED) is 0.319. The van der Waals surface area contributed by atoms with Crippen LogP contribution in [-0.4, -0.2) is 87.8 Å². The monoisotopic (exact) mass is 332 g/mol. The van der Waals surface area contributed by atoms with E-state index in [0.29, 0.717) is 0 Å². The normalized spacial score (nSPS) is 12.8. The first kappa shape index (κ1) is 22.8. The average molecular weight is 333 g/mol. The van der Waals surface area contributed by atoms with E-state index in [9.17, 15) is 0 Å². The van der Waals surface area contributed by atoms with Crippen LogP contribution in [0.3, 0.4) is 0 Å². The Morgan fingerprint density at radius 2 is 0.870 bits per heavy atom. The van der Waals surface area contributed by atoms with Crippen molar-refractivity contribution in [1.82, 2.24) is 0 Å². The Hall–Kier alpha value is -0.160. The molecule has 0 aliphatic heterocycles. The van der Waals surface area contributed by atoms with E-state index in [1.54, 1.807) is 0 Å². The Kier molecular flexibility index (Phi) is 13.1. The highest BCUT2D eigenvalue weighted by atomic mass is 16.5. The van der Waals surface area contributed by atoms with E-state index in [1.807, 2.05) is 0 Å². The van der Waals surface area contributed by atoms with E-state index >= 15 is 0 Å². The second-order valence-corrected chi connectivity index (χ2v) is 6.61. The van der Waals surface area contributed by atoms with E-state index < -0.39 is 0 Å². The minimum absolute atomic E-state index is 0.729. The van der Waals surface area contributed by atoms with Crippen LogP contribution in [0.25, 0.3) is 0 Å². The summed E-state index contributed by atoms with van der Waals surface area (Å²) >= 11 is 0. The molecule has 0 aromatic heterocycles. The molecule has 0 fully saturated rings. The highest BCUT2D eigenvalue weighted by Crippen LogP contribution is 2.07. The van der Waals surface area contributed by atoms with Crippen LogP contribution in [0, 0.1) is 0 Å². The first-order valence-electron chi connectivity index (χ1n) is 9.93. The highest BCUT2D eigenvalue weighted by Gasteiger charge is 2.20. The fraction of sp³-hybridized carbons (Fsp3) is 1.00. The average Bonchev–Trinajstić information content (AvgIpc) is 2.61. The molecule has 0 saturated heterocycles. The maximum Gasteiger partial charge on any atom is 0.102 e. The molecule has 0 aliphatic rings. The van der Waals surface area contributed by atoms with Gasteiger partial charge in [0.15, 0.2) is 0 Å². The molecule has 0 bridgehead atoms. The summed E-state index contributed by atoms with van der Waals surface area (Å²) in [6.07, 6.45) is 1.15. The van der Waals surface area contributed by atoms with Gasteiger partial charge in [-0.1, -0.05) is 0 Å². The summed E-state index contributed by atoms with van der Waals surface area (Å²) in [5.41, 5.74) is 0. The van der Waals surface area contributed by atoms with Crippen LogP contribution >= 0.6 is 0 Å². The number of nitrogens with zero attached hydrogens (tertiary/aromatic N) is 2. The molecule has 4 nitrogen and oxygen atoms in total. The molecule has 23 heavy (non-hydrogen) atoms. The van der Waals surface area contributed by atoms with E-state index in [4.69, 9.17) is 9.47 Å². The van der Waals surface area contributed by atoms with Crippen LogP contribution in [0.2, 0.25) is 0 Å². The lowest BCUT2D eigenvalue weighted by molar-refractivity contribution is -0.923. The van der Waals surface area contributed by atoms with Gasteiger partial charge in [0.1, 0.15) is 6.54 Å². The Labute approximate surface area is 145 Å². The largest absolute Gasteiger partial charge is 0.379 e. The molecule has 0 N–H and O–H groups in total. The Balaban J connectivity index is 3.64. The number of rotatable bonds is 16. The molecule has 0 rings (SSSR count). The number of likely N-dealkylation sites (N-methyl/N-ethyl adjacent to an activating group) is 1. The molecule has 0 aliphatic carbocycles. The minimum Gasteiger partial charge on any atom is -0.379 e. The smallest absolute Gasteiger partial charge is 0.102 e. The Morgan fingerprint density at radius 1 is 0.478 bits per heavy atom. The van der Waals surface area contributed by atoms with Crippen molar-refractivity contribution in [2.45, 2.75) is 48.0 Å². The van der Waals surface area contributed by atoms with Gasteiger partial charge in [0.05, 0.1) is 72.2 Å². The zero-order valence-corrected chi connectivity index (χ0v) is 16.9. The van der Waals surface area contributed by atoms with Gasteiger partial charge >= 0.3 is 0 Å². The lowest BCUT2D eigenvalue weighted by Crippen LogP contribution is -2.49. The van der Waals surface area contributed by atoms with Crippen molar-refractivity contribution in [3.05, 3.63) is 0 Å². The summed E-state index contributed by atoms with van der Waals surface area (Å²) in [6, 6.07) is 0. The predicted octanol–water partition coefficient (Wildman–Crippen LogP) is 3.16. The fourth-order valence-corrected chi connectivity index (χ4v) is 3.37. The van der Waals surface area contributed by atoms with Crippen molar-refractivity contribution in [3.8, 4) is 0 Å². The van der Waals surface area contributed by atoms with Crippen LogP contribution in [0.1, 0.15) is 48.0 Å². The second kappa shape index (κ2) is 13.2. The Bertz CT molecular complexity index is 222. The lowest BCUT2D eigenvalue weighted by Gasteiger charge is -2.35. The maximum atomic E-state index is 5.76. The van der Waals surface area contributed by atoms with Crippen LogP contribution in [0.5, 0.6) is 0 Å². The van der Waals surface area contributed by atoms with Crippen molar-refractivity contribution >= 4 is 0 Å². The third kappa shape index (κ3) is 8.48. The van der Waals surface area contributed by atoms with Crippen molar-refractivity contribution < 1.29 is 18.4 Å². The van der Waals surface area contributed by atoms with Gasteiger partial charge in [-0.2, -0.15) is 0 Å². The number of quaternary nitrogens is 2. The first-order valence-corrected chi connectivity index (χ1v) is 9.93. The van der Waals surface area contributed by atoms with Gasteiger partial charge in [0.25, 0.3) is 0 Å². The molecule has 0 radical (unpaired) electrons. The van der Waals surface area contributed by atoms with Gasteiger partial charge in [0, 0.05) is 6.42 Å². The molecule has 0 atom stereocenters. The summed E-state index contributed by atoms with van der Waals surface area (Å²) < 4.78 is 13.9. The molecule has 0 saturated carbocycles. The summed E-state index contributed by atoms with van der Waals surface area (Å²) in [7, 11) is 0. The van der Waals surface area contributed by atoms with Gasteiger partial charge in [-0.05, 0) is 41.5 Å². The highest BCUT2D eigenvalue weighted by molar-refractivity contribution is 4.42. The zero-order valence-electron chi connectivity index (χ0n) is 16.9. The van der Waals surface area contributed by atoms with Gasteiger partial charge in [-0.3, -0.25) is 0 Å². The third-order valence-electron chi connectivity index (χ3n) is 6.03. The van der Waals surface area contributed by atoms with Gasteiger partial charge in [-0.15, -0.1) is 0 Å². The third-order valence-corrected chi connectivity index (χ3v) is 6.03. The summed E-state index contributed by atoms with van der Waals surface area (Å²) in [4.78, 5) is 0. The molecule has 0 aromatic rings. The van der Waals surface area contributed by atoms with Crippen LogP contribution in [0.4, 0.5) is 0 Å². The van der Waals surface area contributed by atoms with Gasteiger partial charge < -0.3 is 18.4 Å². The summed E-state index contributed by atoms with van der Waals surface area (Å²) in [6.45, 7) is 26.5. The summed E-state index contributed by atoms with van der Waals surface area (Å²) in [5, 5.41) is 0. The Morgan fingerprint density at radius 3 is 1.30 bits per heavy atom. The SMILES string of the molecule is CC[N+](CC)(CC)CCCOCCOCC[N+](CC)(CC)CC. The van der Waals surface area contributed by atoms with E-state index in [2.05, 4.69) is 41.5 Å². The standard InChI is InChI=1S/C19H44N2O2/c1-7-20(8-2,9-3)14-13-16-22-18-19-23-17-15-21(10-4,11-5)12-6/h7-19H2,1-6H3/q+2. The first-order chi connectivity index (χ1) is 11.1. The van der Waals surface area contributed by atoms with Crippen molar-refractivity contribution in [3.63, 3.8) is 0 Å². The maximum absolute atomic E-state index is 5.76. The molecule has 0 aromatic carbocycles. The molecule has 0 amide bonds. The number of hydrogen-bond acceptors (Lipinski definition) is 2. The van der Waals surface area contributed by atoms with Crippen LogP contribution in [0.15, 0.2) is 0 Å². The molecule has 140 valence electrons. The van der Waals surface area contributed by atoms with E-state index in [0.717, 1.165) is 43.9 Å². The van der Waals surface area contributed by atoms with Crippen LogP contribution < -0.4 is 0 Å². The van der Waals surface area contributed by atoms with Gasteiger partial charge in [-0.25, -0.2) is 0 Å². The molecule has 0 spiro atoms. The molecular weight excluding hydrogens is 288 g/mol. The van der Waals surface area contributed by atoms with Crippen LogP contribution in [-0.2, 0) is 9.47 Å². The van der Waals surface area contributed by atoms with E-state index in [-0.39, 0.29) is 0 Å². The lowest BCUT2D eigenvalue weighted by atomic mass is 10.3. The zero-order chi connectivity index (χ0) is 17.6. The number of ether oxygens (including phenoxy) is 2. The summed E-state index contributed by atoms with van der Waals surface area (Å²) in [5.74, 6) is 0. The molecular formula is C19H44N2O2+2.